The van der Waals surface area contributed by atoms with Crippen molar-refractivity contribution in [2.24, 2.45) is 11.8 Å². The highest BCUT2D eigenvalue weighted by Gasteiger charge is 2.66. The molecule has 11 nitrogen and oxygen atoms in total. The molecule has 1 fully saturated rings. The molecule has 1 saturated carbocycles. The fourth-order valence-electron chi connectivity index (χ4n) is 8.06. The van der Waals surface area contributed by atoms with Gasteiger partial charge in [0.05, 0.1) is 17.2 Å². The van der Waals surface area contributed by atoms with E-state index in [9.17, 15) is 19.8 Å². The number of aromatic nitrogens is 1. The molecule has 278 valence electrons. The second-order valence-electron chi connectivity index (χ2n) is 13.6. The lowest BCUT2D eigenvalue weighted by Crippen LogP contribution is -2.63. The minimum Gasteiger partial charge on any atom is -0.507 e. The third kappa shape index (κ3) is 5.99. The van der Waals surface area contributed by atoms with Crippen molar-refractivity contribution in [3.8, 4) is 11.6 Å². The van der Waals surface area contributed by atoms with Crippen molar-refractivity contribution >= 4 is 17.3 Å². The smallest absolute Gasteiger partial charge is 0.417 e. The van der Waals surface area contributed by atoms with Crippen LogP contribution in [-0.2, 0) is 40.1 Å². The Kier molecular flexibility index (Phi) is 9.43. The van der Waals surface area contributed by atoms with E-state index >= 15 is 13.2 Å². The normalized spacial score (nSPS) is 22.4. The summed E-state index contributed by atoms with van der Waals surface area (Å²) in [7, 11) is 5.71. The van der Waals surface area contributed by atoms with Crippen LogP contribution in [0.3, 0.4) is 0 Å². The minimum absolute atomic E-state index is 0.00259. The molecule has 53 heavy (non-hydrogen) atoms. The van der Waals surface area contributed by atoms with Crippen LogP contribution in [0.2, 0.25) is 0 Å². The maximum absolute atomic E-state index is 15.1. The molecule has 3 aliphatic carbocycles. The number of carbonyl (C=O) groups excluding carboxylic acids is 2. The summed E-state index contributed by atoms with van der Waals surface area (Å²) in [5.41, 5.74) is -4.07. The van der Waals surface area contributed by atoms with E-state index in [1.54, 1.807) is 73.6 Å². The molecular weight excluding hydrogens is 697 g/mol. The SMILES string of the molecule is COC(OC)c1cc(OCc2ccccc2)c2c(c1C(F)(F)F)C[C@H]1C[C@H]3[C@H](N(C)C)c4onc(OCc5ccccc5)c4C(=O)[C@@]3(O)C(=O)C1=C2O. The van der Waals surface area contributed by atoms with E-state index in [0.29, 0.717) is 5.56 Å². The Labute approximate surface area is 302 Å². The molecule has 14 heteroatoms. The number of nitrogens with zero attached hydrogens (tertiary/aromatic N) is 2. The Balaban J connectivity index is 1.38. The van der Waals surface area contributed by atoms with E-state index in [1.165, 1.54) is 14.2 Å². The van der Waals surface area contributed by atoms with Crippen LogP contribution in [-0.4, -0.2) is 65.8 Å². The zero-order chi connectivity index (χ0) is 37.8. The molecule has 0 amide bonds. The number of carbonyl (C=O) groups is 2. The average Bonchev–Trinajstić information content (AvgIpc) is 3.55. The Morgan fingerprint density at radius 3 is 2.11 bits per heavy atom. The standard InChI is InChI=1S/C39H37F3N2O9/c1-44(2)31-25-16-22-15-23-28(26(51-18-20-11-7-5-8-12-20)17-24(37(49-3)50-4)30(23)39(40,41)42)32(45)27(22)34(46)38(25,48)35(47)29-33(31)53-43-36(29)52-19-21-13-9-6-10-14-21/h5-14,17,22,25,31,37,45,48H,15-16,18-19H2,1-4H3/t22-,25-,31-,38-/m0/s1. The van der Waals surface area contributed by atoms with Gasteiger partial charge in [-0.1, -0.05) is 60.7 Å². The summed E-state index contributed by atoms with van der Waals surface area (Å²) in [4.78, 5) is 30.7. The topological polar surface area (TPSA) is 141 Å². The third-order valence-electron chi connectivity index (χ3n) is 10.3. The number of ether oxygens (including phenoxy) is 4. The first-order chi connectivity index (χ1) is 25.3. The number of methoxy groups -OCH3 is 2. The highest BCUT2D eigenvalue weighted by molar-refractivity contribution is 6.26. The van der Waals surface area contributed by atoms with Gasteiger partial charge in [-0.25, -0.2) is 0 Å². The summed E-state index contributed by atoms with van der Waals surface area (Å²) < 4.78 is 73.6. The molecule has 2 N–H and O–H groups in total. The number of hydrogen-bond acceptors (Lipinski definition) is 11. The fraction of sp³-hybridized carbons (Fsp3) is 0.359. The van der Waals surface area contributed by atoms with Gasteiger partial charge in [-0.05, 0) is 60.8 Å². The van der Waals surface area contributed by atoms with Crippen LogP contribution in [0.5, 0.6) is 11.6 Å². The van der Waals surface area contributed by atoms with Crippen LogP contribution in [0, 0.1) is 11.8 Å². The number of aliphatic hydroxyl groups is 2. The first-order valence-corrected chi connectivity index (χ1v) is 16.9. The Hall–Kier alpha value is -5.02. The molecule has 4 aromatic rings. The van der Waals surface area contributed by atoms with E-state index in [2.05, 4.69) is 5.16 Å². The maximum Gasteiger partial charge on any atom is 0.417 e. The first kappa shape index (κ1) is 36.3. The number of halogens is 3. The summed E-state index contributed by atoms with van der Waals surface area (Å²) in [6.45, 7) is -0.0949. The van der Waals surface area contributed by atoms with E-state index in [4.69, 9.17) is 23.5 Å². The Morgan fingerprint density at radius 1 is 0.943 bits per heavy atom. The number of alkyl halides is 3. The summed E-state index contributed by atoms with van der Waals surface area (Å²) in [6, 6.07) is 18.0. The van der Waals surface area contributed by atoms with Gasteiger partial charge in [-0.2, -0.15) is 13.2 Å². The van der Waals surface area contributed by atoms with Crippen LogP contribution in [0.25, 0.3) is 5.76 Å². The molecule has 7 rings (SSSR count). The van der Waals surface area contributed by atoms with Crippen molar-refractivity contribution in [3.05, 3.63) is 117 Å². The molecule has 4 atom stereocenters. The molecule has 3 aliphatic rings. The molecular formula is C39H37F3N2O9. The van der Waals surface area contributed by atoms with Crippen LogP contribution in [0.15, 0.2) is 76.8 Å². The Bertz CT molecular complexity index is 2080. The number of fused-ring (bicyclic) bond motifs is 4. The van der Waals surface area contributed by atoms with Gasteiger partial charge in [0.25, 0.3) is 5.88 Å². The highest BCUT2D eigenvalue weighted by Crippen LogP contribution is 2.57. The van der Waals surface area contributed by atoms with E-state index in [0.717, 1.165) is 11.6 Å². The molecule has 0 bridgehead atoms. The molecule has 3 aromatic carbocycles. The second-order valence-corrected chi connectivity index (χ2v) is 13.6. The zero-order valence-corrected chi connectivity index (χ0v) is 29.3. The van der Waals surface area contributed by atoms with Gasteiger partial charge in [0.2, 0.25) is 11.6 Å². The van der Waals surface area contributed by atoms with Gasteiger partial charge >= 0.3 is 6.18 Å². The zero-order valence-electron chi connectivity index (χ0n) is 29.3. The van der Waals surface area contributed by atoms with Gasteiger partial charge in [0.15, 0.2) is 17.7 Å². The largest absolute Gasteiger partial charge is 0.507 e. The van der Waals surface area contributed by atoms with Gasteiger partial charge < -0.3 is 33.7 Å². The lowest BCUT2D eigenvalue weighted by molar-refractivity contribution is -0.148. The number of ketones is 2. The van der Waals surface area contributed by atoms with E-state index < -0.39 is 58.8 Å². The molecule has 0 saturated heterocycles. The molecule has 1 aromatic heterocycles. The monoisotopic (exact) mass is 734 g/mol. The first-order valence-electron chi connectivity index (χ1n) is 16.9. The van der Waals surface area contributed by atoms with Crippen molar-refractivity contribution in [2.75, 3.05) is 28.3 Å². The van der Waals surface area contributed by atoms with E-state index in [-0.39, 0.29) is 71.3 Å². The lowest BCUT2D eigenvalue weighted by Gasteiger charge is -2.49. The van der Waals surface area contributed by atoms with Crippen LogP contribution in [0.4, 0.5) is 13.2 Å². The fourth-order valence-corrected chi connectivity index (χ4v) is 8.06. The third-order valence-corrected chi connectivity index (χ3v) is 10.3. The van der Waals surface area contributed by atoms with Gasteiger partial charge in [-0.3, -0.25) is 14.5 Å². The maximum atomic E-state index is 15.1. The second kappa shape index (κ2) is 13.8. The van der Waals surface area contributed by atoms with Crippen LogP contribution in [0.1, 0.15) is 68.3 Å². The lowest BCUT2D eigenvalue weighted by atomic mass is 9.57. The quantitative estimate of drug-likeness (QED) is 0.138. The van der Waals surface area contributed by atoms with Crippen molar-refractivity contribution in [3.63, 3.8) is 0 Å². The molecule has 1 heterocycles. The molecule has 0 unspecified atom stereocenters. The van der Waals surface area contributed by atoms with E-state index in [1.807, 2.05) is 6.07 Å². The van der Waals surface area contributed by atoms with Crippen molar-refractivity contribution in [1.82, 2.24) is 10.1 Å². The predicted octanol–water partition coefficient (Wildman–Crippen LogP) is 6.40. The van der Waals surface area contributed by atoms with Crippen LogP contribution < -0.4 is 9.47 Å². The van der Waals surface area contributed by atoms with Crippen molar-refractivity contribution < 1.29 is 56.4 Å². The van der Waals surface area contributed by atoms with Crippen molar-refractivity contribution in [2.45, 2.75) is 50.2 Å². The summed E-state index contributed by atoms with van der Waals surface area (Å²) in [6.07, 6.45) is -6.98. The van der Waals surface area contributed by atoms with Gasteiger partial charge in [-0.15, -0.1) is 0 Å². The van der Waals surface area contributed by atoms with Crippen molar-refractivity contribution in [1.29, 1.82) is 0 Å². The number of rotatable bonds is 10. The van der Waals surface area contributed by atoms with Gasteiger partial charge in [0.1, 0.15) is 30.3 Å². The molecule has 0 radical (unpaired) electrons. The van der Waals surface area contributed by atoms with Gasteiger partial charge in [0, 0.05) is 31.3 Å². The summed E-state index contributed by atoms with van der Waals surface area (Å²) >= 11 is 0. The number of benzene rings is 3. The average molecular weight is 735 g/mol. The number of hydrogen-bond donors (Lipinski definition) is 2. The Morgan fingerprint density at radius 2 is 1.55 bits per heavy atom. The molecule has 0 spiro atoms. The highest BCUT2D eigenvalue weighted by atomic mass is 19.4. The summed E-state index contributed by atoms with van der Waals surface area (Å²) in [5, 5.41) is 28.4. The summed E-state index contributed by atoms with van der Waals surface area (Å²) in [5.74, 6) is -5.56. The number of Topliss-reactive ketones (excluding diaryl/α,β-unsaturated/α-hetero) is 2. The predicted molar refractivity (Wildman–Crippen MR) is 182 cm³/mol. The van der Waals surface area contributed by atoms with Crippen LogP contribution >= 0.6 is 0 Å². The minimum atomic E-state index is -4.96. The molecule has 0 aliphatic heterocycles. The number of aliphatic hydroxyl groups excluding tert-OH is 1.